The van der Waals surface area contributed by atoms with E-state index in [1.165, 1.54) is 0 Å². The Kier molecular flexibility index (Phi) is 5.01. The van der Waals surface area contributed by atoms with Crippen molar-refractivity contribution in [1.29, 1.82) is 0 Å². The summed E-state index contributed by atoms with van der Waals surface area (Å²) in [5.74, 6) is 0.707. The average Bonchev–Trinajstić information content (AvgIpc) is 2.38. The van der Waals surface area contributed by atoms with Crippen LogP contribution in [0.2, 0.25) is 0 Å². The third-order valence-corrected chi connectivity index (χ3v) is 4.54. The molecule has 0 radical (unpaired) electrons. The normalized spacial score (nSPS) is 37.2. The number of nitrogens with one attached hydrogen (secondary N) is 1. The summed E-state index contributed by atoms with van der Waals surface area (Å²) < 4.78 is 0. The molecule has 2 fully saturated rings. The van der Waals surface area contributed by atoms with E-state index >= 15 is 0 Å². The zero-order valence-corrected chi connectivity index (χ0v) is 11.1. The maximum atomic E-state index is 12.1. The van der Waals surface area contributed by atoms with E-state index in [1.54, 1.807) is 0 Å². The Morgan fingerprint density at radius 3 is 2.44 bits per heavy atom. The highest BCUT2D eigenvalue weighted by atomic mass is 16.3. The lowest BCUT2D eigenvalue weighted by Gasteiger charge is -2.29. The van der Waals surface area contributed by atoms with Gasteiger partial charge in [0.2, 0.25) is 5.91 Å². The van der Waals surface area contributed by atoms with E-state index in [9.17, 15) is 9.90 Å². The van der Waals surface area contributed by atoms with Crippen LogP contribution in [0.25, 0.3) is 0 Å². The first-order chi connectivity index (χ1) is 8.66. The fourth-order valence-electron chi connectivity index (χ4n) is 3.21. The van der Waals surface area contributed by atoms with Gasteiger partial charge in [0.05, 0.1) is 12.0 Å². The highest BCUT2D eigenvalue weighted by molar-refractivity contribution is 5.79. The van der Waals surface area contributed by atoms with Gasteiger partial charge in [-0.25, -0.2) is 0 Å². The molecular formula is C14H26N2O2. The van der Waals surface area contributed by atoms with Gasteiger partial charge in [0.25, 0.3) is 0 Å². The second kappa shape index (κ2) is 6.53. The van der Waals surface area contributed by atoms with Crippen LogP contribution in [0.4, 0.5) is 0 Å². The molecule has 1 amide bonds. The van der Waals surface area contributed by atoms with Crippen LogP contribution in [0.1, 0.15) is 51.4 Å². The van der Waals surface area contributed by atoms with Gasteiger partial charge >= 0.3 is 0 Å². The van der Waals surface area contributed by atoms with Crippen molar-refractivity contribution in [1.82, 2.24) is 5.32 Å². The highest BCUT2D eigenvalue weighted by Crippen LogP contribution is 2.25. The van der Waals surface area contributed by atoms with Crippen LogP contribution in [0.3, 0.4) is 0 Å². The molecule has 2 aliphatic rings. The van der Waals surface area contributed by atoms with E-state index in [-0.39, 0.29) is 24.0 Å². The maximum absolute atomic E-state index is 12.1. The van der Waals surface area contributed by atoms with Crippen LogP contribution in [0.5, 0.6) is 0 Å². The molecule has 0 aromatic rings. The summed E-state index contributed by atoms with van der Waals surface area (Å²) >= 11 is 0. The molecule has 18 heavy (non-hydrogen) atoms. The maximum Gasteiger partial charge on any atom is 0.224 e. The summed E-state index contributed by atoms with van der Waals surface area (Å²) in [7, 11) is 0. The Balaban J connectivity index is 1.71. The number of nitrogens with two attached hydrogens (primary N) is 1. The smallest absolute Gasteiger partial charge is 0.224 e. The van der Waals surface area contributed by atoms with E-state index in [4.69, 9.17) is 5.73 Å². The number of amides is 1. The van der Waals surface area contributed by atoms with Gasteiger partial charge in [0.15, 0.2) is 0 Å². The minimum atomic E-state index is -0.122. The molecule has 2 atom stereocenters. The Morgan fingerprint density at radius 2 is 1.78 bits per heavy atom. The molecule has 2 aliphatic carbocycles. The van der Waals surface area contributed by atoms with Crippen LogP contribution in [0, 0.1) is 11.8 Å². The first-order valence-electron chi connectivity index (χ1n) is 7.38. The van der Waals surface area contributed by atoms with Gasteiger partial charge in [0, 0.05) is 12.6 Å². The first-order valence-corrected chi connectivity index (χ1v) is 7.38. The van der Waals surface area contributed by atoms with E-state index in [2.05, 4.69) is 5.32 Å². The largest absolute Gasteiger partial charge is 0.393 e. The van der Waals surface area contributed by atoms with Crippen LogP contribution in [-0.4, -0.2) is 29.7 Å². The second-order valence-corrected chi connectivity index (χ2v) is 5.97. The molecule has 0 saturated heterocycles. The van der Waals surface area contributed by atoms with E-state index in [1.807, 2.05) is 0 Å². The van der Waals surface area contributed by atoms with Crippen molar-refractivity contribution in [3.05, 3.63) is 0 Å². The van der Waals surface area contributed by atoms with E-state index < -0.39 is 0 Å². The zero-order valence-electron chi connectivity index (χ0n) is 11.1. The van der Waals surface area contributed by atoms with E-state index in [0.717, 1.165) is 57.9 Å². The summed E-state index contributed by atoms with van der Waals surface area (Å²) in [4.78, 5) is 12.1. The van der Waals surface area contributed by atoms with Crippen molar-refractivity contribution in [2.45, 2.75) is 63.5 Å². The molecule has 2 rings (SSSR count). The first kappa shape index (κ1) is 13.8. The Labute approximate surface area is 109 Å². The molecule has 4 heteroatoms. The quantitative estimate of drug-likeness (QED) is 0.707. The van der Waals surface area contributed by atoms with Gasteiger partial charge in [0.1, 0.15) is 0 Å². The van der Waals surface area contributed by atoms with Gasteiger partial charge < -0.3 is 16.2 Å². The second-order valence-electron chi connectivity index (χ2n) is 5.97. The van der Waals surface area contributed by atoms with Gasteiger partial charge in [-0.15, -0.1) is 0 Å². The van der Waals surface area contributed by atoms with Crippen molar-refractivity contribution < 1.29 is 9.90 Å². The predicted molar refractivity (Wildman–Crippen MR) is 70.9 cm³/mol. The molecule has 2 unspecified atom stereocenters. The molecule has 2 saturated carbocycles. The number of hydrogen-bond donors (Lipinski definition) is 3. The van der Waals surface area contributed by atoms with Gasteiger partial charge in [-0.2, -0.15) is 0 Å². The van der Waals surface area contributed by atoms with Crippen molar-refractivity contribution in [2.24, 2.45) is 17.6 Å². The Bertz CT molecular complexity index is 275. The number of rotatable bonds is 3. The summed E-state index contributed by atoms with van der Waals surface area (Å²) in [5, 5.41) is 12.5. The number of carbonyl (C=O) groups is 1. The monoisotopic (exact) mass is 254 g/mol. The Morgan fingerprint density at radius 1 is 1.11 bits per heavy atom. The third-order valence-electron chi connectivity index (χ3n) is 4.54. The molecule has 4 N–H and O–H groups in total. The Hall–Kier alpha value is -0.610. The van der Waals surface area contributed by atoms with Crippen LogP contribution >= 0.6 is 0 Å². The molecule has 0 heterocycles. The molecule has 0 aromatic heterocycles. The molecule has 0 spiro atoms. The van der Waals surface area contributed by atoms with Gasteiger partial charge in [-0.1, -0.05) is 12.8 Å². The standard InChI is InChI=1S/C14H26N2O2/c15-13-4-2-1-3-12(13)14(18)16-9-10-5-7-11(17)8-6-10/h10-13,17H,1-9,15H2,(H,16,18). The minimum absolute atomic E-state index is 0.0212. The van der Waals surface area contributed by atoms with E-state index in [0.29, 0.717) is 5.92 Å². The number of carbonyl (C=O) groups excluding carboxylic acids is 1. The molecule has 0 aliphatic heterocycles. The van der Waals surface area contributed by atoms with Gasteiger partial charge in [-0.05, 0) is 44.4 Å². The van der Waals surface area contributed by atoms with Crippen LogP contribution in [0.15, 0.2) is 0 Å². The predicted octanol–water partition coefficient (Wildman–Crippen LogP) is 1.17. The average molecular weight is 254 g/mol. The lowest BCUT2D eigenvalue weighted by molar-refractivity contribution is -0.126. The lowest BCUT2D eigenvalue weighted by Crippen LogP contribution is -2.45. The lowest BCUT2D eigenvalue weighted by atomic mass is 9.84. The zero-order chi connectivity index (χ0) is 13.0. The van der Waals surface area contributed by atoms with Crippen molar-refractivity contribution in [3.63, 3.8) is 0 Å². The topological polar surface area (TPSA) is 75.4 Å². The molecule has 4 nitrogen and oxygen atoms in total. The fourth-order valence-corrected chi connectivity index (χ4v) is 3.21. The molecular weight excluding hydrogens is 228 g/mol. The summed E-state index contributed by atoms with van der Waals surface area (Å²) in [6, 6.07) is 0.0481. The summed E-state index contributed by atoms with van der Waals surface area (Å²) in [6.45, 7) is 0.759. The number of aliphatic hydroxyl groups excluding tert-OH is 1. The van der Waals surface area contributed by atoms with Crippen molar-refractivity contribution in [3.8, 4) is 0 Å². The van der Waals surface area contributed by atoms with Crippen molar-refractivity contribution >= 4 is 5.91 Å². The minimum Gasteiger partial charge on any atom is -0.393 e. The van der Waals surface area contributed by atoms with Crippen LogP contribution < -0.4 is 11.1 Å². The molecule has 0 aromatic carbocycles. The van der Waals surface area contributed by atoms with Crippen molar-refractivity contribution in [2.75, 3.05) is 6.54 Å². The molecule has 0 bridgehead atoms. The van der Waals surface area contributed by atoms with Gasteiger partial charge in [-0.3, -0.25) is 4.79 Å². The van der Waals surface area contributed by atoms with Crippen LogP contribution in [-0.2, 0) is 4.79 Å². The summed E-state index contributed by atoms with van der Waals surface area (Å²) in [6.07, 6.45) is 7.89. The summed E-state index contributed by atoms with van der Waals surface area (Å²) in [5.41, 5.74) is 6.01. The molecule has 104 valence electrons. The third kappa shape index (κ3) is 3.69. The fraction of sp³-hybridized carbons (Fsp3) is 0.929. The SMILES string of the molecule is NC1CCCCC1C(=O)NCC1CCC(O)CC1. The number of aliphatic hydroxyl groups is 1. The number of hydrogen-bond acceptors (Lipinski definition) is 3. The highest BCUT2D eigenvalue weighted by Gasteiger charge is 2.28.